The van der Waals surface area contributed by atoms with Crippen molar-refractivity contribution in [3.05, 3.63) is 0 Å². The number of carbonyl (C=O) groups is 2. The van der Waals surface area contributed by atoms with Gasteiger partial charge in [-0.25, -0.2) is 0 Å². The molecule has 1 heterocycles. The van der Waals surface area contributed by atoms with Crippen molar-refractivity contribution in [1.82, 2.24) is 0 Å². The molecule has 0 aliphatic carbocycles. The summed E-state index contributed by atoms with van der Waals surface area (Å²) in [6, 6.07) is 0. The van der Waals surface area contributed by atoms with Gasteiger partial charge in [0.05, 0.1) is 13.2 Å². The zero-order chi connectivity index (χ0) is 36.3. The molecule has 1 rings (SSSR count). The minimum absolute atomic E-state index is 0.213. The Morgan fingerprint density at radius 3 is 1.53 bits per heavy atom. The fourth-order valence-corrected chi connectivity index (χ4v) is 6.08. The number of ether oxygens (including phenoxy) is 4. The zero-order valence-corrected chi connectivity index (χ0v) is 31.5. The van der Waals surface area contributed by atoms with Crippen LogP contribution in [0.1, 0.15) is 169 Å². The lowest BCUT2D eigenvalue weighted by atomic mass is 9.99. The van der Waals surface area contributed by atoms with Crippen LogP contribution in [0.2, 0.25) is 0 Å². The molecule has 0 aromatic heterocycles. The van der Waals surface area contributed by atoms with Crippen LogP contribution in [0.3, 0.4) is 0 Å². The number of hydrogen-bond donors (Lipinski definition) is 4. The molecule has 49 heavy (non-hydrogen) atoms. The Bertz CT molecular complexity index is 809. The maximum atomic E-state index is 12.7. The summed E-state index contributed by atoms with van der Waals surface area (Å²) in [6.45, 7) is 8.05. The Hall–Kier alpha value is -1.30. The second-order valence-corrected chi connectivity index (χ2v) is 14.6. The van der Waals surface area contributed by atoms with Gasteiger partial charge in [0.2, 0.25) is 0 Å². The highest BCUT2D eigenvalue weighted by Gasteiger charge is 2.44. The molecule has 0 saturated carbocycles. The first-order valence-corrected chi connectivity index (χ1v) is 19.9. The fourth-order valence-electron chi connectivity index (χ4n) is 6.08. The van der Waals surface area contributed by atoms with Gasteiger partial charge in [-0.05, 0) is 24.7 Å². The van der Waals surface area contributed by atoms with Crippen molar-refractivity contribution in [3.8, 4) is 0 Å². The maximum Gasteiger partial charge on any atom is 0.306 e. The number of hydrogen-bond acceptors (Lipinski definition) is 10. The Morgan fingerprint density at radius 2 is 1.06 bits per heavy atom. The summed E-state index contributed by atoms with van der Waals surface area (Å²) >= 11 is 0. The summed E-state index contributed by atoms with van der Waals surface area (Å²) in [5, 5.41) is 39.9. The van der Waals surface area contributed by atoms with E-state index >= 15 is 0 Å². The van der Waals surface area contributed by atoms with Gasteiger partial charge in [0.25, 0.3) is 0 Å². The van der Waals surface area contributed by atoms with Crippen LogP contribution in [-0.4, -0.2) is 89.0 Å². The van der Waals surface area contributed by atoms with Crippen LogP contribution in [0.4, 0.5) is 0 Å². The third-order valence-electron chi connectivity index (χ3n) is 10.1. The normalized spacial score (nSPS) is 22.8. The SMILES string of the molecule is CCC(C)CCCCCCCCCCC(=O)OCC(CO[C@@H]1O[C@H](CO)[C@H](O)[C@H](O)[C@H]1O)OC(=O)CCCCCCCCCCC(C)CC. The molecule has 1 saturated heterocycles. The van der Waals surface area contributed by atoms with E-state index in [4.69, 9.17) is 18.9 Å². The second-order valence-electron chi connectivity index (χ2n) is 14.6. The van der Waals surface area contributed by atoms with Gasteiger partial charge in [-0.2, -0.15) is 0 Å². The van der Waals surface area contributed by atoms with Gasteiger partial charge in [0.15, 0.2) is 12.4 Å². The van der Waals surface area contributed by atoms with Crippen molar-refractivity contribution in [2.24, 2.45) is 11.8 Å². The zero-order valence-electron chi connectivity index (χ0n) is 31.5. The number of aliphatic hydroxyl groups excluding tert-OH is 4. The topological polar surface area (TPSA) is 152 Å². The van der Waals surface area contributed by atoms with Crippen LogP contribution in [0, 0.1) is 11.8 Å². The van der Waals surface area contributed by atoms with Crippen molar-refractivity contribution in [2.75, 3.05) is 19.8 Å². The smallest absolute Gasteiger partial charge is 0.306 e. The Labute approximate surface area is 298 Å². The summed E-state index contributed by atoms with van der Waals surface area (Å²) in [5.41, 5.74) is 0. The van der Waals surface area contributed by atoms with E-state index in [1.807, 2.05) is 0 Å². The lowest BCUT2D eigenvalue weighted by Crippen LogP contribution is -2.59. The van der Waals surface area contributed by atoms with Crippen LogP contribution in [0.5, 0.6) is 0 Å². The predicted molar refractivity (Wildman–Crippen MR) is 192 cm³/mol. The van der Waals surface area contributed by atoms with E-state index in [-0.39, 0.29) is 32.0 Å². The molecule has 1 aliphatic rings. The first-order valence-electron chi connectivity index (χ1n) is 19.9. The minimum atomic E-state index is -1.59. The van der Waals surface area contributed by atoms with E-state index < -0.39 is 49.4 Å². The van der Waals surface area contributed by atoms with E-state index in [1.165, 1.54) is 83.5 Å². The number of rotatable bonds is 31. The molecule has 1 aliphatic heterocycles. The minimum Gasteiger partial charge on any atom is -0.462 e. The Balaban J connectivity index is 2.40. The Morgan fingerprint density at radius 1 is 0.612 bits per heavy atom. The van der Waals surface area contributed by atoms with Gasteiger partial charge in [0.1, 0.15) is 31.0 Å². The molecule has 0 aromatic carbocycles. The number of unbranched alkanes of at least 4 members (excludes halogenated alkanes) is 14. The molecule has 3 unspecified atom stereocenters. The molecule has 0 amide bonds. The highest BCUT2D eigenvalue weighted by molar-refractivity contribution is 5.70. The van der Waals surface area contributed by atoms with Gasteiger partial charge in [-0.1, -0.05) is 143 Å². The van der Waals surface area contributed by atoms with Crippen molar-refractivity contribution < 1.29 is 49.0 Å². The molecule has 290 valence electrons. The number of aliphatic hydroxyl groups is 4. The van der Waals surface area contributed by atoms with Crippen molar-refractivity contribution >= 4 is 11.9 Å². The maximum absolute atomic E-state index is 12.7. The summed E-state index contributed by atoms with van der Waals surface area (Å²) in [7, 11) is 0. The third-order valence-corrected chi connectivity index (χ3v) is 10.1. The van der Waals surface area contributed by atoms with Crippen molar-refractivity contribution in [1.29, 1.82) is 0 Å². The summed E-state index contributed by atoms with van der Waals surface area (Å²) in [4.78, 5) is 25.2. The molecule has 10 heteroatoms. The van der Waals surface area contributed by atoms with Gasteiger partial charge >= 0.3 is 11.9 Å². The van der Waals surface area contributed by atoms with Gasteiger partial charge in [-0.15, -0.1) is 0 Å². The molecule has 8 atom stereocenters. The van der Waals surface area contributed by atoms with Crippen LogP contribution in [0.15, 0.2) is 0 Å². The molecule has 0 bridgehead atoms. The first kappa shape index (κ1) is 45.7. The lowest BCUT2D eigenvalue weighted by molar-refractivity contribution is -0.305. The van der Waals surface area contributed by atoms with Crippen molar-refractivity contribution in [2.45, 2.75) is 206 Å². The molecule has 0 radical (unpaired) electrons. The van der Waals surface area contributed by atoms with E-state index in [0.29, 0.717) is 6.42 Å². The molecule has 0 aromatic rings. The molecule has 10 nitrogen and oxygen atoms in total. The Kier molecular flexibility index (Phi) is 27.3. The monoisotopic (exact) mass is 703 g/mol. The van der Waals surface area contributed by atoms with E-state index in [2.05, 4.69) is 27.7 Å². The standard InChI is InChI=1S/C39H74O10/c1-5-30(3)23-19-15-11-7-9-13-17-21-25-34(41)46-28-32(29-47-39-38(45)37(44)36(43)33(27-40)49-39)48-35(42)26-22-18-14-10-8-12-16-20-24-31(4)6-2/h30-33,36-40,43-45H,5-29H2,1-4H3/t30?,31?,32?,33-,36+,37+,38-,39-/m1/s1. The molecule has 1 fully saturated rings. The first-order chi connectivity index (χ1) is 23.6. The number of carbonyl (C=O) groups excluding carboxylic acids is 2. The quantitative estimate of drug-likeness (QED) is 0.0433. The average molecular weight is 703 g/mol. The molecule has 0 spiro atoms. The highest BCUT2D eigenvalue weighted by Crippen LogP contribution is 2.23. The van der Waals surface area contributed by atoms with Gasteiger partial charge in [-0.3, -0.25) is 9.59 Å². The van der Waals surface area contributed by atoms with E-state index in [0.717, 1.165) is 50.4 Å². The van der Waals surface area contributed by atoms with Crippen LogP contribution < -0.4 is 0 Å². The summed E-state index contributed by atoms with van der Waals surface area (Å²) in [5.74, 6) is 0.831. The van der Waals surface area contributed by atoms with Crippen molar-refractivity contribution in [3.63, 3.8) is 0 Å². The van der Waals surface area contributed by atoms with Gasteiger partial charge in [0, 0.05) is 12.8 Å². The number of esters is 2. The highest BCUT2D eigenvalue weighted by atomic mass is 16.7. The molecular weight excluding hydrogens is 628 g/mol. The predicted octanol–water partition coefficient (Wildman–Crippen LogP) is 7.15. The third kappa shape index (κ3) is 22.3. The van der Waals surface area contributed by atoms with Crippen LogP contribution in [-0.2, 0) is 28.5 Å². The largest absolute Gasteiger partial charge is 0.462 e. The lowest BCUT2D eigenvalue weighted by Gasteiger charge is -2.39. The van der Waals surface area contributed by atoms with E-state index in [1.54, 1.807) is 0 Å². The molecule has 4 N–H and O–H groups in total. The second kappa shape index (κ2) is 29.3. The molecular formula is C39H74O10. The van der Waals surface area contributed by atoms with Crippen LogP contribution in [0.25, 0.3) is 0 Å². The summed E-state index contributed by atoms with van der Waals surface area (Å²) < 4.78 is 22.1. The van der Waals surface area contributed by atoms with Crippen LogP contribution >= 0.6 is 0 Å². The average Bonchev–Trinajstić information content (AvgIpc) is 3.10. The summed E-state index contributed by atoms with van der Waals surface area (Å²) in [6.07, 6.45) is 15.5. The van der Waals surface area contributed by atoms with E-state index in [9.17, 15) is 30.0 Å². The van der Waals surface area contributed by atoms with Gasteiger partial charge < -0.3 is 39.4 Å². The fraction of sp³-hybridized carbons (Fsp3) is 0.949.